The first-order chi connectivity index (χ1) is 8.86. The number of nitrogens with one attached hydrogen (secondary N) is 1. The van der Waals surface area contributed by atoms with Crippen LogP contribution < -0.4 is 5.32 Å². The minimum Gasteiger partial charge on any atom is -0.480 e. The number of carbonyl (C=O) groups excluding carboxylic acids is 1. The number of carbonyl (C=O) groups is 2. The maximum atomic E-state index is 13.3. The molecule has 1 aromatic rings. The summed E-state index contributed by atoms with van der Waals surface area (Å²) in [6.45, 7) is 3.41. The molecule has 0 fully saturated rings. The topological polar surface area (TPSA) is 66.4 Å². The maximum absolute atomic E-state index is 13.3. The number of amides is 1. The molecule has 6 heteroatoms. The maximum Gasteiger partial charge on any atom is 0.326 e. The molecule has 104 valence electrons. The molecule has 0 aliphatic rings. The lowest BCUT2D eigenvalue weighted by molar-refractivity contribution is -0.140. The molecule has 1 amide bonds. The first kappa shape index (κ1) is 15.5. The molecule has 0 bridgehead atoms. The van der Waals surface area contributed by atoms with E-state index in [4.69, 9.17) is 5.11 Å². The Morgan fingerprint density at radius 3 is 2.47 bits per heavy atom. The van der Waals surface area contributed by atoms with E-state index in [0.717, 1.165) is 0 Å². The molecular formula is C13H16FNO3S. The summed E-state index contributed by atoms with van der Waals surface area (Å²) >= 11 is 1.19. The Kier molecular flexibility index (Phi) is 5.35. The average molecular weight is 285 g/mol. The fourth-order valence-electron chi connectivity index (χ4n) is 1.54. The van der Waals surface area contributed by atoms with E-state index in [0.29, 0.717) is 4.90 Å². The standard InChI is InChI=1S/C13H16FNO3S/c1-7(2)11(13(17)18)15-12(16)8-4-5-9(14)10(6-8)19-3/h4-7,11H,1-3H3,(H,15,16)(H,17,18)/t11-/m1/s1. The molecule has 0 heterocycles. The number of carboxylic acids is 1. The third-order valence-electron chi connectivity index (χ3n) is 2.63. The molecular weight excluding hydrogens is 269 g/mol. The van der Waals surface area contributed by atoms with Gasteiger partial charge in [0, 0.05) is 10.5 Å². The van der Waals surface area contributed by atoms with Gasteiger partial charge in [-0.1, -0.05) is 13.8 Å². The highest BCUT2D eigenvalue weighted by atomic mass is 32.2. The van der Waals surface area contributed by atoms with Crippen LogP contribution in [0.5, 0.6) is 0 Å². The van der Waals surface area contributed by atoms with E-state index in [1.54, 1.807) is 20.1 Å². The van der Waals surface area contributed by atoms with Gasteiger partial charge >= 0.3 is 5.97 Å². The van der Waals surface area contributed by atoms with Crippen LogP contribution in [-0.4, -0.2) is 29.3 Å². The largest absolute Gasteiger partial charge is 0.480 e. The Morgan fingerprint density at radius 1 is 1.37 bits per heavy atom. The third kappa shape index (κ3) is 3.96. The molecule has 4 nitrogen and oxygen atoms in total. The van der Waals surface area contributed by atoms with Crippen molar-refractivity contribution in [3.8, 4) is 0 Å². The van der Waals surface area contributed by atoms with Gasteiger partial charge in [0.05, 0.1) is 0 Å². The van der Waals surface area contributed by atoms with Crippen LogP contribution in [-0.2, 0) is 4.79 Å². The van der Waals surface area contributed by atoms with Crippen LogP contribution in [0.2, 0.25) is 0 Å². The van der Waals surface area contributed by atoms with Gasteiger partial charge in [-0.2, -0.15) is 0 Å². The van der Waals surface area contributed by atoms with Crippen LogP contribution >= 0.6 is 11.8 Å². The summed E-state index contributed by atoms with van der Waals surface area (Å²) in [4.78, 5) is 23.3. The SMILES string of the molecule is CSc1cc(C(=O)N[C@@H](C(=O)O)C(C)C)ccc1F. The number of rotatable bonds is 5. The summed E-state index contributed by atoms with van der Waals surface area (Å²) in [5, 5.41) is 11.4. The second-order valence-electron chi connectivity index (χ2n) is 4.38. The van der Waals surface area contributed by atoms with Crippen molar-refractivity contribution in [2.45, 2.75) is 24.8 Å². The van der Waals surface area contributed by atoms with Crippen molar-refractivity contribution in [2.24, 2.45) is 5.92 Å². The second-order valence-corrected chi connectivity index (χ2v) is 5.23. The summed E-state index contributed by atoms with van der Waals surface area (Å²) in [6, 6.07) is 2.99. The number of benzene rings is 1. The lowest BCUT2D eigenvalue weighted by Crippen LogP contribution is -2.44. The Morgan fingerprint density at radius 2 is 2.00 bits per heavy atom. The van der Waals surface area contributed by atoms with Crippen molar-refractivity contribution in [2.75, 3.05) is 6.26 Å². The minimum atomic E-state index is -1.09. The van der Waals surface area contributed by atoms with Crippen LogP contribution in [0.15, 0.2) is 23.1 Å². The number of hydrogen-bond acceptors (Lipinski definition) is 3. The van der Waals surface area contributed by atoms with Gasteiger partial charge in [0.2, 0.25) is 0 Å². The number of halogens is 1. The van der Waals surface area contributed by atoms with Gasteiger partial charge in [-0.3, -0.25) is 4.79 Å². The molecule has 0 unspecified atom stereocenters. The van der Waals surface area contributed by atoms with Crippen LogP contribution in [0.3, 0.4) is 0 Å². The Labute approximate surface area is 115 Å². The van der Waals surface area contributed by atoms with Gasteiger partial charge in [-0.05, 0) is 30.4 Å². The minimum absolute atomic E-state index is 0.234. The highest BCUT2D eigenvalue weighted by Crippen LogP contribution is 2.20. The van der Waals surface area contributed by atoms with Gasteiger partial charge in [0.15, 0.2) is 0 Å². The summed E-state index contributed by atoms with van der Waals surface area (Å²) in [6.07, 6.45) is 1.70. The summed E-state index contributed by atoms with van der Waals surface area (Å²) in [5.74, 6) is -2.24. The number of carboxylic acid groups (broad SMARTS) is 1. The monoisotopic (exact) mass is 285 g/mol. The average Bonchev–Trinajstić information content (AvgIpc) is 2.35. The molecule has 0 aliphatic carbocycles. The van der Waals surface area contributed by atoms with Gasteiger partial charge in [0.1, 0.15) is 11.9 Å². The lowest BCUT2D eigenvalue weighted by atomic mass is 10.0. The zero-order chi connectivity index (χ0) is 14.6. The molecule has 1 atom stereocenters. The van der Waals surface area contributed by atoms with Crippen molar-refractivity contribution in [1.29, 1.82) is 0 Å². The fraction of sp³-hybridized carbons (Fsp3) is 0.385. The van der Waals surface area contributed by atoms with Crippen LogP contribution in [0.1, 0.15) is 24.2 Å². The predicted octanol–water partition coefficient (Wildman–Crippen LogP) is 2.39. The molecule has 0 aromatic heterocycles. The summed E-state index contributed by atoms with van der Waals surface area (Å²) in [7, 11) is 0. The predicted molar refractivity (Wildman–Crippen MR) is 71.9 cm³/mol. The zero-order valence-electron chi connectivity index (χ0n) is 10.9. The van der Waals surface area contributed by atoms with Gasteiger partial charge in [-0.25, -0.2) is 9.18 Å². The fourth-order valence-corrected chi connectivity index (χ4v) is 2.05. The number of thioether (sulfide) groups is 1. The van der Waals surface area contributed by atoms with Crippen molar-refractivity contribution in [3.63, 3.8) is 0 Å². The van der Waals surface area contributed by atoms with E-state index in [1.165, 1.54) is 30.0 Å². The van der Waals surface area contributed by atoms with Crippen molar-refractivity contribution >= 4 is 23.6 Å². The summed E-state index contributed by atoms with van der Waals surface area (Å²) < 4.78 is 13.3. The molecule has 1 rings (SSSR count). The van der Waals surface area contributed by atoms with E-state index in [1.807, 2.05) is 0 Å². The van der Waals surface area contributed by atoms with Gasteiger partial charge in [-0.15, -0.1) is 11.8 Å². The molecule has 0 saturated carbocycles. The van der Waals surface area contributed by atoms with E-state index in [9.17, 15) is 14.0 Å². The third-order valence-corrected chi connectivity index (χ3v) is 3.39. The van der Waals surface area contributed by atoms with Crippen LogP contribution in [0, 0.1) is 11.7 Å². The normalized spacial score (nSPS) is 12.3. The highest BCUT2D eigenvalue weighted by Gasteiger charge is 2.24. The molecule has 0 radical (unpaired) electrons. The smallest absolute Gasteiger partial charge is 0.326 e. The van der Waals surface area contributed by atoms with Crippen molar-refractivity contribution in [3.05, 3.63) is 29.6 Å². The molecule has 2 N–H and O–H groups in total. The van der Waals surface area contributed by atoms with E-state index < -0.39 is 23.7 Å². The van der Waals surface area contributed by atoms with E-state index in [2.05, 4.69) is 5.32 Å². The Bertz CT molecular complexity index is 491. The molecule has 1 aromatic carbocycles. The quantitative estimate of drug-likeness (QED) is 0.815. The molecule has 0 saturated heterocycles. The van der Waals surface area contributed by atoms with E-state index in [-0.39, 0.29) is 11.5 Å². The number of aliphatic carboxylic acids is 1. The molecule has 19 heavy (non-hydrogen) atoms. The van der Waals surface area contributed by atoms with Crippen LogP contribution in [0.4, 0.5) is 4.39 Å². The van der Waals surface area contributed by atoms with Gasteiger partial charge < -0.3 is 10.4 Å². The van der Waals surface area contributed by atoms with Gasteiger partial charge in [0.25, 0.3) is 5.91 Å². The zero-order valence-corrected chi connectivity index (χ0v) is 11.8. The first-order valence-electron chi connectivity index (χ1n) is 5.74. The van der Waals surface area contributed by atoms with Crippen molar-refractivity contribution < 1.29 is 19.1 Å². The first-order valence-corrected chi connectivity index (χ1v) is 6.96. The lowest BCUT2D eigenvalue weighted by Gasteiger charge is -2.18. The highest BCUT2D eigenvalue weighted by molar-refractivity contribution is 7.98. The second kappa shape index (κ2) is 6.56. The van der Waals surface area contributed by atoms with Crippen molar-refractivity contribution in [1.82, 2.24) is 5.32 Å². The molecule has 0 aliphatic heterocycles. The summed E-state index contributed by atoms with van der Waals surface area (Å²) in [5.41, 5.74) is 0.248. The van der Waals surface area contributed by atoms with E-state index >= 15 is 0 Å². The Balaban J connectivity index is 2.91. The molecule has 0 spiro atoms. The Hall–Kier alpha value is -1.56. The van der Waals surface area contributed by atoms with Crippen LogP contribution in [0.25, 0.3) is 0 Å². The number of hydrogen-bond donors (Lipinski definition) is 2.